The molecule has 0 aliphatic carbocycles. The van der Waals surface area contributed by atoms with Crippen molar-refractivity contribution < 1.29 is 9.53 Å². The number of methoxy groups -OCH3 is 1. The van der Waals surface area contributed by atoms with Crippen molar-refractivity contribution >= 4 is 18.4 Å². The van der Waals surface area contributed by atoms with E-state index in [0.717, 1.165) is 25.2 Å². The van der Waals surface area contributed by atoms with E-state index >= 15 is 0 Å². The van der Waals surface area contributed by atoms with Gasteiger partial charge in [-0.1, -0.05) is 30.3 Å². The molecule has 3 rings (SSSR count). The highest BCUT2D eigenvalue weighted by molar-refractivity contribution is 5.87. The van der Waals surface area contributed by atoms with Gasteiger partial charge in [-0.05, 0) is 17.2 Å². The van der Waals surface area contributed by atoms with Crippen LogP contribution in [0.5, 0.6) is 0 Å². The fourth-order valence-electron chi connectivity index (χ4n) is 3.11. The molecule has 0 saturated carbocycles. The van der Waals surface area contributed by atoms with Crippen LogP contribution in [-0.2, 0) is 11.3 Å². The number of ether oxygens (including phenoxy) is 1. The molecule has 1 aliphatic heterocycles. The Hall–Kier alpha value is -1.82. The summed E-state index contributed by atoms with van der Waals surface area (Å²) in [7, 11) is 1.38. The molecule has 23 heavy (non-hydrogen) atoms. The van der Waals surface area contributed by atoms with Gasteiger partial charge in [0.05, 0.1) is 7.11 Å². The second kappa shape index (κ2) is 7.64. The molecule has 2 atom stereocenters. The van der Waals surface area contributed by atoms with E-state index in [1.807, 2.05) is 18.3 Å². The minimum atomic E-state index is -0.341. The predicted molar refractivity (Wildman–Crippen MR) is 91.8 cm³/mol. The molecule has 2 heterocycles. The van der Waals surface area contributed by atoms with Crippen molar-refractivity contribution in [1.29, 1.82) is 0 Å². The van der Waals surface area contributed by atoms with E-state index in [2.05, 4.69) is 34.1 Å². The smallest absolute Gasteiger partial charge is 0.354 e. The van der Waals surface area contributed by atoms with E-state index in [9.17, 15) is 4.79 Å². The van der Waals surface area contributed by atoms with Gasteiger partial charge in [-0.25, -0.2) is 4.79 Å². The summed E-state index contributed by atoms with van der Waals surface area (Å²) in [4.78, 5) is 16.7. The van der Waals surface area contributed by atoms with Crippen molar-refractivity contribution in [3.63, 3.8) is 0 Å². The lowest BCUT2D eigenvalue weighted by atomic mass is 9.95. The number of carbonyl (C=O) groups is 1. The molecule has 5 nitrogen and oxygen atoms in total. The molecular weight excluding hydrogens is 314 g/mol. The Morgan fingerprint density at radius 3 is 2.78 bits per heavy atom. The van der Waals surface area contributed by atoms with Crippen LogP contribution in [0.3, 0.4) is 0 Å². The number of likely N-dealkylation sites (tertiary alicyclic amines) is 1. The van der Waals surface area contributed by atoms with Gasteiger partial charge in [-0.2, -0.15) is 0 Å². The molecule has 2 aromatic rings. The van der Waals surface area contributed by atoms with Gasteiger partial charge in [0.2, 0.25) is 0 Å². The van der Waals surface area contributed by atoms with E-state index in [1.165, 1.54) is 12.7 Å². The summed E-state index contributed by atoms with van der Waals surface area (Å²) in [6, 6.07) is 12.4. The predicted octanol–water partition coefficient (Wildman–Crippen LogP) is 2.15. The Morgan fingerprint density at radius 2 is 2.09 bits per heavy atom. The third-order valence-corrected chi connectivity index (χ3v) is 4.22. The van der Waals surface area contributed by atoms with Crippen LogP contribution >= 0.6 is 12.4 Å². The lowest BCUT2D eigenvalue weighted by Crippen LogP contribution is -2.28. The first-order chi connectivity index (χ1) is 10.7. The zero-order valence-corrected chi connectivity index (χ0v) is 13.9. The van der Waals surface area contributed by atoms with Crippen molar-refractivity contribution in [1.82, 2.24) is 9.88 Å². The zero-order chi connectivity index (χ0) is 15.5. The minimum absolute atomic E-state index is 0. The quantitative estimate of drug-likeness (QED) is 0.840. The molecule has 0 unspecified atom stereocenters. The molecule has 1 saturated heterocycles. The van der Waals surface area contributed by atoms with Crippen LogP contribution in [0.2, 0.25) is 0 Å². The van der Waals surface area contributed by atoms with Crippen LogP contribution in [0.25, 0.3) is 0 Å². The summed E-state index contributed by atoms with van der Waals surface area (Å²) in [5.74, 6) is 0.0201. The van der Waals surface area contributed by atoms with Gasteiger partial charge in [0, 0.05) is 37.8 Å². The number of nitrogens with zero attached hydrogens (tertiary/aromatic N) is 1. The normalized spacial score (nSPS) is 21.0. The lowest BCUT2D eigenvalue weighted by Gasteiger charge is -2.15. The molecule has 0 radical (unpaired) electrons. The fraction of sp³-hybridized carbons (Fsp3) is 0.353. The number of hydrogen-bond donors (Lipinski definition) is 2. The Labute approximate surface area is 142 Å². The number of halogens is 1. The summed E-state index contributed by atoms with van der Waals surface area (Å²) in [6.07, 6.45) is 1.85. The number of rotatable bonds is 4. The number of benzene rings is 1. The van der Waals surface area contributed by atoms with E-state index in [-0.39, 0.29) is 24.4 Å². The van der Waals surface area contributed by atoms with Crippen molar-refractivity contribution in [2.45, 2.75) is 18.5 Å². The number of nitrogens with two attached hydrogens (primary N) is 1. The van der Waals surface area contributed by atoms with E-state index < -0.39 is 0 Å². The second-order valence-electron chi connectivity index (χ2n) is 5.79. The van der Waals surface area contributed by atoms with Crippen molar-refractivity contribution in [2.24, 2.45) is 5.73 Å². The standard InChI is InChI=1S/C17H21N3O2.ClH/c1-22-17(21)16-7-12(8-19-16)9-20-10-14(15(18)11-20)13-5-3-2-4-6-13;/h2-8,14-15,19H,9-11,18H2,1H3;1H/t14-,15+;/m0./s1. The highest BCUT2D eigenvalue weighted by Crippen LogP contribution is 2.27. The van der Waals surface area contributed by atoms with Gasteiger partial charge >= 0.3 is 5.97 Å². The largest absolute Gasteiger partial charge is 0.464 e. The maximum absolute atomic E-state index is 11.5. The number of nitrogens with one attached hydrogen (secondary N) is 1. The average molecular weight is 336 g/mol. The average Bonchev–Trinajstić information content (AvgIpc) is 3.14. The third-order valence-electron chi connectivity index (χ3n) is 4.22. The number of H-pyrrole nitrogens is 1. The molecule has 1 aliphatic rings. The zero-order valence-electron chi connectivity index (χ0n) is 13.1. The number of hydrogen-bond acceptors (Lipinski definition) is 4. The third kappa shape index (κ3) is 3.93. The van der Waals surface area contributed by atoms with Crippen LogP contribution in [0, 0.1) is 0 Å². The van der Waals surface area contributed by atoms with E-state index in [4.69, 9.17) is 10.5 Å². The molecule has 0 spiro atoms. The molecule has 0 bridgehead atoms. The summed E-state index contributed by atoms with van der Waals surface area (Å²) < 4.78 is 4.71. The first-order valence-electron chi connectivity index (χ1n) is 7.46. The van der Waals surface area contributed by atoms with Crippen LogP contribution in [0.1, 0.15) is 27.5 Å². The van der Waals surface area contributed by atoms with Crippen LogP contribution < -0.4 is 5.73 Å². The van der Waals surface area contributed by atoms with Crippen molar-refractivity contribution in [2.75, 3.05) is 20.2 Å². The lowest BCUT2D eigenvalue weighted by molar-refractivity contribution is 0.0595. The van der Waals surface area contributed by atoms with Crippen molar-refractivity contribution in [3.8, 4) is 0 Å². The maximum atomic E-state index is 11.5. The maximum Gasteiger partial charge on any atom is 0.354 e. The Morgan fingerprint density at radius 1 is 1.35 bits per heavy atom. The Balaban J connectivity index is 0.00000192. The Kier molecular flexibility index (Phi) is 5.82. The van der Waals surface area contributed by atoms with Crippen molar-refractivity contribution in [3.05, 3.63) is 59.4 Å². The fourth-order valence-corrected chi connectivity index (χ4v) is 3.11. The molecule has 1 aromatic carbocycles. The molecule has 6 heteroatoms. The minimum Gasteiger partial charge on any atom is -0.464 e. The molecule has 1 aromatic heterocycles. The summed E-state index contributed by atoms with van der Waals surface area (Å²) in [5, 5.41) is 0. The first kappa shape index (κ1) is 17.5. The number of carbonyl (C=O) groups excluding carboxylic acids is 1. The highest BCUT2D eigenvalue weighted by Gasteiger charge is 2.31. The first-order valence-corrected chi connectivity index (χ1v) is 7.46. The SMILES string of the molecule is COC(=O)c1cc(CN2C[C@@H](N)[C@H](c3ccccc3)C2)c[nH]1.Cl. The summed E-state index contributed by atoms with van der Waals surface area (Å²) in [6.45, 7) is 2.58. The van der Waals surface area contributed by atoms with Crippen LogP contribution in [0.15, 0.2) is 42.6 Å². The van der Waals surface area contributed by atoms with E-state index in [1.54, 1.807) is 0 Å². The molecule has 1 fully saturated rings. The second-order valence-corrected chi connectivity index (χ2v) is 5.79. The van der Waals surface area contributed by atoms with Gasteiger partial charge in [0.25, 0.3) is 0 Å². The molecule has 0 amide bonds. The van der Waals surface area contributed by atoms with Gasteiger partial charge in [-0.15, -0.1) is 12.4 Å². The molecule has 124 valence electrons. The Bertz CT molecular complexity index is 644. The van der Waals surface area contributed by atoms with E-state index in [0.29, 0.717) is 11.6 Å². The van der Waals surface area contributed by atoms with Gasteiger partial charge in [0.1, 0.15) is 5.69 Å². The van der Waals surface area contributed by atoms with Gasteiger partial charge in [-0.3, -0.25) is 4.90 Å². The highest BCUT2D eigenvalue weighted by atomic mass is 35.5. The number of aromatic amines is 1. The topological polar surface area (TPSA) is 71.3 Å². The van der Waals surface area contributed by atoms with Gasteiger partial charge in [0.15, 0.2) is 0 Å². The van der Waals surface area contributed by atoms with Crippen LogP contribution in [0.4, 0.5) is 0 Å². The number of aromatic nitrogens is 1. The number of esters is 1. The molecular formula is C17H22ClN3O2. The summed E-state index contributed by atoms with van der Waals surface area (Å²) in [5.41, 5.74) is 9.16. The van der Waals surface area contributed by atoms with Crippen LogP contribution in [-0.4, -0.2) is 42.1 Å². The monoisotopic (exact) mass is 335 g/mol. The molecule has 3 N–H and O–H groups in total. The van der Waals surface area contributed by atoms with Gasteiger partial charge < -0.3 is 15.5 Å². The summed E-state index contributed by atoms with van der Waals surface area (Å²) >= 11 is 0.